The predicted molar refractivity (Wildman–Crippen MR) is 78.7 cm³/mol. The van der Waals surface area contributed by atoms with E-state index >= 15 is 0 Å². The minimum absolute atomic E-state index is 0.0131. The van der Waals surface area contributed by atoms with Gasteiger partial charge in [0, 0.05) is 18.2 Å². The summed E-state index contributed by atoms with van der Waals surface area (Å²) in [5.41, 5.74) is 0.562. The van der Waals surface area contributed by atoms with Crippen molar-refractivity contribution in [2.24, 2.45) is 0 Å². The van der Waals surface area contributed by atoms with Crippen molar-refractivity contribution in [2.75, 3.05) is 0 Å². The van der Waals surface area contributed by atoms with Crippen molar-refractivity contribution >= 4 is 5.78 Å². The zero-order valence-electron chi connectivity index (χ0n) is 12.4. The van der Waals surface area contributed by atoms with Crippen LogP contribution in [-0.2, 0) is 12.6 Å². The van der Waals surface area contributed by atoms with E-state index in [1.54, 1.807) is 12.1 Å². The summed E-state index contributed by atoms with van der Waals surface area (Å²) in [7, 11) is 0. The Morgan fingerprint density at radius 1 is 1.14 bits per heavy atom. The van der Waals surface area contributed by atoms with Gasteiger partial charge in [0.1, 0.15) is 5.69 Å². The Morgan fingerprint density at radius 2 is 1.86 bits per heavy atom. The number of aryl methyl sites for hydroxylation is 1. The van der Waals surface area contributed by atoms with E-state index in [-0.39, 0.29) is 6.42 Å². The first-order valence-electron chi connectivity index (χ1n) is 7.06. The van der Waals surface area contributed by atoms with Crippen LogP contribution in [0.2, 0.25) is 0 Å². The molecule has 0 aliphatic carbocycles. The molecule has 0 radical (unpaired) electrons. The Hall–Kier alpha value is -2.17. The van der Waals surface area contributed by atoms with E-state index in [2.05, 4.69) is 4.98 Å². The maximum atomic E-state index is 13.2. The highest BCUT2D eigenvalue weighted by molar-refractivity contribution is 5.96. The quantitative estimate of drug-likeness (QED) is 0.750. The van der Waals surface area contributed by atoms with Gasteiger partial charge in [-0.1, -0.05) is 38.1 Å². The molecule has 0 spiro atoms. The number of aromatic nitrogens is 1. The van der Waals surface area contributed by atoms with E-state index in [4.69, 9.17) is 0 Å². The molecule has 1 aromatic carbocycles. The van der Waals surface area contributed by atoms with Crippen molar-refractivity contribution < 1.29 is 18.0 Å². The lowest BCUT2D eigenvalue weighted by Gasteiger charge is -2.13. The van der Waals surface area contributed by atoms with Crippen LogP contribution in [-0.4, -0.2) is 10.8 Å². The van der Waals surface area contributed by atoms with Crippen molar-refractivity contribution in [3.05, 3.63) is 53.3 Å². The van der Waals surface area contributed by atoms with E-state index in [1.807, 2.05) is 19.1 Å². The molecule has 5 heteroatoms. The van der Waals surface area contributed by atoms with Crippen molar-refractivity contribution in [1.29, 1.82) is 0 Å². The number of pyridine rings is 1. The van der Waals surface area contributed by atoms with Gasteiger partial charge in [-0.15, -0.1) is 0 Å². The van der Waals surface area contributed by atoms with Crippen LogP contribution in [0.15, 0.2) is 36.5 Å². The van der Waals surface area contributed by atoms with Crippen LogP contribution in [0.4, 0.5) is 13.2 Å². The average molecular weight is 307 g/mol. The van der Waals surface area contributed by atoms with E-state index < -0.39 is 23.2 Å². The lowest BCUT2D eigenvalue weighted by atomic mass is 9.99. The van der Waals surface area contributed by atoms with Gasteiger partial charge in [0.05, 0.1) is 5.56 Å². The Labute approximate surface area is 127 Å². The number of carbonyl (C=O) groups excluding carboxylic acids is 1. The van der Waals surface area contributed by atoms with Gasteiger partial charge in [0.2, 0.25) is 0 Å². The molecule has 22 heavy (non-hydrogen) atoms. The van der Waals surface area contributed by atoms with Crippen LogP contribution in [0.25, 0.3) is 11.1 Å². The summed E-state index contributed by atoms with van der Waals surface area (Å²) in [6.45, 7) is 3.49. The van der Waals surface area contributed by atoms with Gasteiger partial charge in [0.25, 0.3) is 0 Å². The normalized spacial score (nSPS) is 11.5. The van der Waals surface area contributed by atoms with Gasteiger partial charge in [-0.3, -0.25) is 9.78 Å². The van der Waals surface area contributed by atoms with Crippen LogP contribution in [0.5, 0.6) is 0 Å². The first-order chi connectivity index (χ1) is 10.4. The molecular weight excluding hydrogens is 291 g/mol. The molecule has 0 aliphatic heterocycles. The van der Waals surface area contributed by atoms with Gasteiger partial charge in [0.15, 0.2) is 5.78 Å². The van der Waals surface area contributed by atoms with Crippen LogP contribution in [0.3, 0.4) is 0 Å². The number of carbonyl (C=O) groups is 1. The monoisotopic (exact) mass is 307 g/mol. The standard InChI is InChI=1S/C17H16F3NO/c1-3-11-6-5-7-12(8-11)13-9-14(17(18,19)20)16(21-10-13)15(22)4-2/h5-10H,3-4H2,1-2H3. The summed E-state index contributed by atoms with van der Waals surface area (Å²) in [6, 6.07) is 8.28. The fourth-order valence-corrected chi connectivity index (χ4v) is 2.20. The fraction of sp³-hybridized carbons (Fsp3) is 0.294. The second kappa shape index (κ2) is 6.30. The van der Waals surface area contributed by atoms with Gasteiger partial charge < -0.3 is 0 Å². The number of Topliss-reactive ketones (excluding diaryl/α,β-unsaturated/α-hetero) is 1. The van der Waals surface area contributed by atoms with Gasteiger partial charge >= 0.3 is 6.18 Å². The first kappa shape index (κ1) is 16.2. The second-order valence-corrected chi connectivity index (χ2v) is 4.95. The zero-order chi connectivity index (χ0) is 16.3. The molecular formula is C17H16F3NO. The maximum absolute atomic E-state index is 13.2. The first-order valence-corrected chi connectivity index (χ1v) is 7.06. The minimum Gasteiger partial charge on any atom is -0.292 e. The smallest absolute Gasteiger partial charge is 0.292 e. The van der Waals surface area contributed by atoms with Crippen molar-refractivity contribution in [1.82, 2.24) is 4.98 Å². The highest BCUT2D eigenvalue weighted by atomic mass is 19.4. The maximum Gasteiger partial charge on any atom is 0.418 e. The highest BCUT2D eigenvalue weighted by Crippen LogP contribution is 2.34. The van der Waals surface area contributed by atoms with Gasteiger partial charge in [-0.05, 0) is 23.6 Å². The molecule has 0 fully saturated rings. The van der Waals surface area contributed by atoms with E-state index in [0.717, 1.165) is 18.1 Å². The van der Waals surface area contributed by atoms with Crippen molar-refractivity contribution in [3.8, 4) is 11.1 Å². The summed E-state index contributed by atoms with van der Waals surface area (Å²) in [5, 5.41) is 0. The fourth-order valence-electron chi connectivity index (χ4n) is 2.20. The van der Waals surface area contributed by atoms with E-state index in [9.17, 15) is 18.0 Å². The predicted octanol–water partition coefficient (Wildman–Crippen LogP) is 4.92. The third-order valence-electron chi connectivity index (χ3n) is 3.45. The number of hydrogen-bond donors (Lipinski definition) is 0. The Kier molecular flexibility index (Phi) is 4.64. The Morgan fingerprint density at radius 3 is 2.45 bits per heavy atom. The largest absolute Gasteiger partial charge is 0.418 e. The zero-order valence-corrected chi connectivity index (χ0v) is 12.4. The third-order valence-corrected chi connectivity index (χ3v) is 3.45. The summed E-state index contributed by atoms with van der Waals surface area (Å²) in [4.78, 5) is 15.4. The van der Waals surface area contributed by atoms with E-state index in [0.29, 0.717) is 11.1 Å². The number of alkyl halides is 3. The molecule has 1 heterocycles. The molecule has 0 unspecified atom stereocenters. The van der Waals surface area contributed by atoms with Crippen LogP contribution in [0.1, 0.15) is 41.9 Å². The molecule has 0 amide bonds. The SMILES string of the molecule is CCC(=O)c1ncc(-c2cccc(CC)c2)cc1C(F)(F)F. The summed E-state index contributed by atoms with van der Waals surface area (Å²) in [6.07, 6.45) is -2.50. The minimum atomic E-state index is -4.61. The number of ketones is 1. The molecule has 1 aromatic heterocycles. The Balaban J connectivity index is 2.57. The molecule has 116 valence electrons. The molecule has 2 aromatic rings. The van der Waals surface area contributed by atoms with E-state index in [1.165, 1.54) is 13.1 Å². The molecule has 2 rings (SSSR count). The molecule has 0 bridgehead atoms. The van der Waals surface area contributed by atoms with Crippen molar-refractivity contribution in [2.45, 2.75) is 32.9 Å². The lowest BCUT2D eigenvalue weighted by Crippen LogP contribution is -2.15. The average Bonchev–Trinajstić information content (AvgIpc) is 2.52. The van der Waals surface area contributed by atoms with Crippen LogP contribution in [0, 0.1) is 0 Å². The van der Waals surface area contributed by atoms with Crippen LogP contribution < -0.4 is 0 Å². The molecule has 0 saturated carbocycles. The molecule has 0 aliphatic rings. The third kappa shape index (κ3) is 3.35. The molecule has 2 nitrogen and oxygen atoms in total. The number of rotatable bonds is 4. The molecule has 0 N–H and O–H groups in total. The highest BCUT2D eigenvalue weighted by Gasteiger charge is 2.36. The molecule has 0 atom stereocenters. The lowest BCUT2D eigenvalue weighted by molar-refractivity contribution is -0.138. The number of benzene rings is 1. The Bertz CT molecular complexity index is 693. The van der Waals surface area contributed by atoms with Crippen molar-refractivity contribution in [3.63, 3.8) is 0 Å². The molecule has 0 saturated heterocycles. The number of nitrogens with zero attached hydrogens (tertiary/aromatic N) is 1. The summed E-state index contributed by atoms with van der Waals surface area (Å²) in [5.74, 6) is -0.610. The number of halogens is 3. The van der Waals surface area contributed by atoms with Gasteiger partial charge in [-0.2, -0.15) is 13.2 Å². The second-order valence-electron chi connectivity index (χ2n) is 4.95. The van der Waals surface area contributed by atoms with Crippen LogP contribution >= 0.6 is 0 Å². The topological polar surface area (TPSA) is 30.0 Å². The number of hydrogen-bond acceptors (Lipinski definition) is 2. The van der Waals surface area contributed by atoms with Gasteiger partial charge in [-0.25, -0.2) is 0 Å². The summed E-state index contributed by atoms with van der Waals surface area (Å²) >= 11 is 0. The summed E-state index contributed by atoms with van der Waals surface area (Å²) < 4.78 is 39.6.